The van der Waals surface area contributed by atoms with Crippen molar-refractivity contribution in [1.29, 1.82) is 0 Å². The number of nitrogens with zero attached hydrogens (tertiary/aromatic N) is 2. The van der Waals surface area contributed by atoms with E-state index in [2.05, 4.69) is 15.3 Å². The topological polar surface area (TPSA) is 63.3 Å². The van der Waals surface area contributed by atoms with E-state index in [0.29, 0.717) is 17.0 Å². The first-order valence-electron chi connectivity index (χ1n) is 3.26. The van der Waals surface area contributed by atoms with Crippen LogP contribution in [0, 0.1) is 0 Å². The Morgan fingerprint density at radius 2 is 2.54 bits per heavy atom. The van der Waals surface area contributed by atoms with Crippen LogP contribution >= 0.6 is 35.3 Å². The third-order valence-corrected chi connectivity index (χ3v) is 2.24. The molecule has 0 bridgehead atoms. The molecule has 13 heavy (non-hydrogen) atoms. The second kappa shape index (κ2) is 6.01. The zero-order valence-electron chi connectivity index (χ0n) is 6.95. The summed E-state index contributed by atoms with van der Waals surface area (Å²) >= 11 is 7.02. The number of anilines is 1. The van der Waals surface area contributed by atoms with Crippen LogP contribution in [-0.4, -0.2) is 18.0 Å². The van der Waals surface area contributed by atoms with Crippen molar-refractivity contribution in [3.8, 4) is 0 Å². The summed E-state index contributed by atoms with van der Waals surface area (Å²) in [6.07, 6.45) is 0. The van der Waals surface area contributed by atoms with Gasteiger partial charge in [-0.25, -0.2) is 4.98 Å². The highest BCUT2D eigenvalue weighted by Gasteiger charge is 2.00. The molecule has 0 unspecified atom stereocenters. The van der Waals surface area contributed by atoms with E-state index in [4.69, 9.17) is 17.3 Å². The number of hydrogen-bond donors (Lipinski definition) is 2. The van der Waals surface area contributed by atoms with Gasteiger partial charge in [0.2, 0.25) is 0 Å². The minimum Gasteiger partial charge on any atom is -0.370 e. The molecule has 0 aromatic carbocycles. The van der Waals surface area contributed by atoms with Gasteiger partial charge in [0, 0.05) is 12.4 Å². The summed E-state index contributed by atoms with van der Waals surface area (Å²) in [6, 6.07) is 0. The van der Waals surface area contributed by atoms with Crippen LogP contribution in [0.5, 0.6) is 0 Å². The smallest absolute Gasteiger partial charge is 0.194 e. The predicted octanol–water partition coefficient (Wildman–Crippen LogP) is 1.66. The molecule has 0 aliphatic rings. The Kier molecular flexibility index (Phi) is 5.77. The molecule has 1 aromatic rings. The van der Waals surface area contributed by atoms with Gasteiger partial charge in [-0.05, 0) is 0 Å². The molecular formula is C6H10Cl2N4S. The summed E-state index contributed by atoms with van der Waals surface area (Å²) in [4.78, 5) is 7.87. The maximum Gasteiger partial charge on any atom is 0.194 e. The van der Waals surface area contributed by atoms with Crippen molar-refractivity contribution < 1.29 is 0 Å². The monoisotopic (exact) mass is 240 g/mol. The Bertz CT molecular complexity index is 286. The van der Waals surface area contributed by atoms with Gasteiger partial charge in [-0.15, -0.1) is 35.3 Å². The summed E-state index contributed by atoms with van der Waals surface area (Å²) in [7, 11) is 1.61. The quantitative estimate of drug-likeness (QED) is 0.470. The first kappa shape index (κ1) is 12.5. The first-order valence-corrected chi connectivity index (χ1v) is 4.67. The van der Waals surface area contributed by atoms with Crippen molar-refractivity contribution in [3.05, 3.63) is 11.1 Å². The van der Waals surface area contributed by atoms with Crippen LogP contribution in [0.3, 0.4) is 0 Å². The highest BCUT2D eigenvalue weighted by atomic mass is 35.5. The van der Waals surface area contributed by atoms with Gasteiger partial charge in [-0.1, -0.05) is 0 Å². The minimum atomic E-state index is 0. The number of guanidine groups is 1. The average molecular weight is 241 g/mol. The van der Waals surface area contributed by atoms with Gasteiger partial charge in [0.15, 0.2) is 11.1 Å². The summed E-state index contributed by atoms with van der Waals surface area (Å²) < 4.78 is 0. The van der Waals surface area contributed by atoms with Crippen LogP contribution in [0.2, 0.25) is 0 Å². The Labute approximate surface area is 91.6 Å². The minimum absolute atomic E-state index is 0. The molecule has 0 spiro atoms. The zero-order chi connectivity index (χ0) is 8.97. The molecule has 0 amide bonds. The summed E-state index contributed by atoms with van der Waals surface area (Å²) in [5.41, 5.74) is 6.27. The SMILES string of the molecule is C/N=C(/N)Nc1nc(CCl)cs1.Cl. The van der Waals surface area contributed by atoms with E-state index in [0.717, 1.165) is 5.69 Å². The van der Waals surface area contributed by atoms with Gasteiger partial charge >= 0.3 is 0 Å². The molecular weight excluding hydrogens is 231 g/mol. The predicted molar refractivity (Wildman–Crippen MR) is 60.1 cm³/mol. The lowest BCUT2D eigenvalue weighted by molar-refractivity contribution is 1.22. The maximum absolute atomic E-state index is 5.57. The Morgan fingerprint density at radius 3 is 3.00 bits per heavy atom. The van der Waals surface area contributed by atoms with Gasteiger partial charge in [-0.2, -0.15) is 0 Å². The lowest BCUT2D eigenvalue weighted by atomic mass is 10.6. The van der Waals surface area contributed by atoms with E-state index in [1.165, 1.54) is 11.3 Å². The van der Waals surface area contributed by atoms with Crippen LogP contribution in [0.1, 0.15) is 5.69 Å². The van der Waals surface area contributed by atoms with E-state index in [1.807, 2.05) is 5.38 Å². The third-order valence-electron chi connectivity index (χ3n) is 1.16. The summed E-state index contributed by atoms with van der Waals surface area (Å²) in [6.45, 7) is 0. The highest BCUT2D eigenvalue weighted by Crippen LogP contribution is 2.15. The van der Waals surface area contributed by atoms with Gasteiger partial charge in [0.05, 0.1) is 11.6 Å². The molecule has 3 N–H and O–H groups in total. The number of alkyl halides is 1. The van der Waals surface area contributed by atoms with Gasteiger partial charge in [0.1, 0.15) is 0 Å². The third kappa shape index (κ3) is 3.80. The Hall–Kier alpha value is -0.520. The van der Waals surface area contributed by atoms with Crippen LogP contribution in [0.4, 0.5) is 5.13 Å². The fourth-order valence-electron chi connectivity index (χ4n) is 0.591. The first-order chi connectivity index (χ1) is 5.76. The Morgan fingerprint density at radius 1 is 1.85 bits per heavy atom. The van der Waals surface area contributed by atoms with E-state index < -0.39 is 0 Å². The fourth-order valence-corrected chi connectivity index (χ4v) is 1.54. The number of thiazole rings is 1. The van der Waals surface area contributed by atoms with Gasteiger partial charge in [-0.3, -0.25) is 4.99 Å². The number of nitrogens with one attached hydrogen (secondary N) is 1. The number of aromatic nitrogens is 1. The lowest BCUT2D eigenvalue weighted by Crippen LogP contribution is -2.21. The molecule has 7 heteroatoms. The van der Waals surface area contributed by atoms with E-state index >= 15 is 0 Å². The summed E-state index contributed by atoms with van der Waals surface area (Å²) in [5.74, 6) is 0.770. The zero-order valence-corrected chi connectivity index (χ0v) is 9.34. The summed E-state index contributed by atoms with van der Waals surface area (Å²) in [5, 5.41) is 5.41. The number of nitrogens with two attached hydrogens (primary N) is 1. The second-order valence-corrected chi connectivity index (χ2v) is 3.14. The highest BCUT2D eigenvalue weighted by molar-refractivity contribution is 7.13. The van der Waals surface area contributed by atoms with Crippen molar-refractivity contribution in [2.75, 3.05) is 12.4 Å². The largest absolute Gasteiger partial charge is 0.370 e. The molecule has 0 aliphatic heterocycles. The number of rotatable bonds is 2. The van der Waals surface area contributed by atoms with Crippen molar-refractivity contribution in [1.82, 2.24) is 4.98 Å². The molecule has 0 saturated carbocycles. The molecule has 0 radical (unpaired) electrons. The second-order valence-electron chi connectivity index (χ2n) is 2.01. The van der Waals surface area contributed by atoms with Crippen LogP contribution in [0.25, 0.3) is 0 Å². The van der Waals surface area contributed by atoms with E-state index in [1.54, 1.807) is 7.05 Å². The number of aliphatic imine (C=N–C) groups is 1. The average Bonchev–Trinajstić information content (AvgIpc) is 2.52. The van der Waals surface area contributed by atoms with Crippen LogP contribution < -0.4 is 11.1 Å². The van der Waals surface area contributed by atoms with Crippen LogP contribution in [0.15, 0.2) is 10.4 Å². The van der Waals surface area contributed by atoms with E-state index in [-0.39, 0.29) is 12.4 Å². The van der Waals surface area contributed by atoms with Crippen molar-refractivity contribution in [3.63, 3.8) is 0 Å². The van der Waals surface area contributed by atoms with Crippen molar-refractivity contribution >= 4 is 46.4 Å². The molecule has 0 aliphatic carbocycles. The Balaban J connectivity index is 0.00000144. The normalized spacial score (nSPS) is 10.8. The van der Waals surface area contributed by atoms with Gasteiger partial charge in [0.25, 0.3) is 0 Å². The molecule has 1 heterocycles. The molecule has 1 aromatic heterocycles. The molecule has 0 saturated heterocycles. The van der Waals surface area contributed by atoms with E-state index in [9.17, 15) is 0 Å². The lowest BCUT2D eigenvalue weighted by Gasteiger charge is -1.97. The molecule has 0 atom stereocenters. The van der Waals surface area contributed by atoms with Crippen molar-refractivity contribution in [2.45, 2.75) is 5.88 Å². The molecule has 1 rings (SSSR count). The van der Waals surface area contributed by atoms with Crippen molar-refractivity contribution in [2.24, 2.45) is 10.7 Å². The molecule has 4 nitrogen and oxygen atoms in total. The van der Waals surface area contributed by atoms with Gasteiger partial charge < -0.3 is 11.1 Å². The number of halogens is 2. The standard InChI is InChI=1S/C6H9ClN4S.ClH/c1-9-5(8)11-6-10-4(2-7)3-12-6;/h3H,2H2,1H3,(H3,8,9,10,11);1H. The number of hydrogen-bond acceptors (Lipinski definition) is 3. The maximum atomic E-state index is 5.57. The van der Waals surface area contributed by atoms with Crippen LogP contribution in [-0.2, 0) is 5.88 Å². The molecule has 74 valence electrons. The molecule has 0 fully saturated rings. The fraction of sp³-hybridized carbons (Fsp3) is 0.333.